The molecule has 0 bridgehead atoms. The van der Waals surface area contributed by atoms with Crippen LogP contribution in [0.25, 0.3) is 11.0 Å². The highest BCUT2D eigenvalue weighted by Crippen LogP contribution is 2.20. The van der Waals surface area contributed by atoms with Gasteiger partial charge in [0.05, 0.1) is 11.0 Å². The number of fused-ring (bicyclic) bond motifs is 1. The highest BCUT2D eigenvalue weighted by Gasteiger charge is 2.14. The number of carbonyl (C=O) groups is 1. The lowest BCUT2D eigenvalue weighted by Crippen LogP contribution is -2.28. The Morgan fingerprint density at radius 3 is 2.77 bits per heavy atom. The molecular formula is C19H30Cl2N4O. The van der Waals surface area contributed by atoms with Gasteiger partial charge in [0.1, 0.15) is 5.82 Å². The highest BCUT2D eigenvalue weighted by molar-refractivity contribution is 5.93. The van der Waals surface area contributed by atoms with E-state index in [4.69, 9.17) is 0 Å². The van der Waals surface area contributed by atoms with E-state index in [2.05, 4.69) is 27.5 Å². The quantitative estimate of drug-likeness (QED) is 0.641. The van der Waals surface area contributed by atoms with Gasteiger partial charge in [-0.3, -0.25) is 4.79 Å². The second-order valence-corrected chi connectivity index (χ2v) is 6.80. The molecule has 0 aliphatic carbocycles. The summed E-state index contributed by atoms with van der Waals surface area (Å²) in [5, 5.41) is 6.39. The van der Waals surface area contributed by atoms with E-state index < -0.39 is 0 Å². The Bertz CT molecular complexity index is 683. The van der Waals surface area contributed by atoms with Crippen LogP contribution in [0.15, 0.2) is 18.2 Å². The summed E-state index contributed by atoms with van der Waals surface area (Å²) in [5.41, 5.74) is 2.81. The lowest BCUT2D eigenvalue weighted by atomic mass is 9.93. The molecule has 1 aliphatic rings. The standard InChI is InChI=1S/C19H28N4O.2ClH/c1-2-3-4-18-22-16-7-6-15(13-17(16)23-18)21-19(24)8-5-14-9-11-20-12-10-14;;/h6-7,13-14,20H,2-5,8-12H2,1H3,(H,21,24)(H,22,23);2*1H. The minimum atomic E-state index is 0. The molecule has 1 aromatic carbocycles. The number of nitrogens with one attached hydrogen (secondary N) is 3. The Kier molecular flexibility index (Phi) is 9.99. The summed E-state index contributed by atoms with van der Waals surface area (Å²) in [6, 6.07) is 5.90. The number of nitrogens with zero attached hydrogens (tertiary/aromatic N) is 1. The minimum absolute atomic E-state index is 0. The fourth-order valence-electron chi connectivity index (χ4n) is 3.33. The number of hydrogen-bond donors (Lipinski definition) is 3. The zero-order valence-electron chi connectivity index (χ0n) is 15.3. The van der Waals surface area contributed by atoms with Crippen LogP contribution in [0.5, 0.6) is 0 Å². The van der Waals surface area contributed by atoms with Crippen LogP contribution < -0.4 is 10.6 Å². The average Bonchev–Trinajstić information content (AvgIpc) is 3.01. The van der Waals surface area contributed by atoms with Crippen molar-refractivity contribution in [2.24, 2.45) is 5.92 Å². The summed E-state index contributed by atoms with van der Waals surface area (Å²) in [6.45, 7) is 4.35. The van der Waals surface area contributed by atoms with Gasteiger partial charge in [0.15, 0.2) is 0 Å². The van der Waals surface area contributed by atoms with Crippen LogP contribution in [0, 0.1) is 5.92 Å². The molecule has 1 saturated heterocycles. The van der Waals surface area contributed by atoms with Crippen LogP contribution in [0.1, 0.15) is 51.3 Å². The average molecular weight is 401 g/mol. The van der Waals surface area contributed by atoms with Crippen LogP contribution in [0.4, 0.5) is 5.69 Å². The third-order valence-corrected chi connectivity index (χ3v) is 4.82. The number of unbranched alkanes of at least 4 members (excludes halogenated alkanes) is 1. The van der Waals surface area contributed by atoms with Crippen LogP contribution in [0.3, 0.4) is 0 Å². The molecular weight excluding hydrogens is 371 g/mol. The maximum atomic E-state index is 12.2. The Labute approximate surface area is 167 Å². The van der Waals surface area contributed by atoms with E-state index in [1.807, 2.05) is 18.2 Å². The number of H-pyrrole nitrogens is 1. The van der Waals surface area contributed by atoms with Crippen molar-refractivity contribution in [2.75, 3.05) is 18.4 Å². The summed E-state index contributed by atoms with van der Waals surface area (Å²) in [7, 11) is 0. The number of anilines is 1. The van der Waals surface area contributed by atoms with Crippen molar-refractivity contribution in [2.45, 2.75) is 51.9 Å². The largest absolute Gasteiger partial charge is 0.342 e. The maximum Gasteiger partial charge on any atom is 0.224 e. The second-order valence-electron chi connectivity index (χ2n) is 6.80. The molecule has 1 aliphatic heterocycles. The number of piperidine rings is 1. The van der Waals surface area contributed by atoms with Crippen LogP contribution in [-0.2, 0) is 11.2 Å². The molecule has 0 atom stereocenters. The van der Waals surface area contributed by atoms with E-state index in [9.17, 15) is 4.79 Å². The van der Waals surface area contributed by atoms with Crippen molar-refractivity contribution in [1.29, 1.82) is 0 Å². The van der Waals surface area contributed by atoms with E-state index >= 15 is 0 Å². The smallest absolute Gasteiger partial charge is 0.224 e. The van der Waals surface area contributed by atoms with E-state index in [1.165, 1.54) is 12.8 Å². The second kappa shape index (κ2) is 11.4. The van der Waals surface area contributed by atoms with Gasteiger partial charge in [-0.1, -0.05) is 13.3 Å². The summed E-state index contributed by atoms with van der Waals surface area (Å²) in [4.78, 5) is 20.1. The molecule has 146 valence electrons. The lowest BCUT2D eigenvalue weighted by molar-refractivity contribution is -0.116. The zero-order valence-corrected chi connectivity index (χ0v) is 17.0. The van der Waals surface area contributed by atoms with Crippen LogP contribution in [0.2, 0.25) is 0 Å². The fourth-order valence-corrected chi connectivity index (χ4v) is 3.33. The Balaban J connectivity index is 0.00000169. The van der Waals surface area contributed by atoms with Crippen molar-refractivity contribution in [3.63, 3.8) is 0 Å². The highest BCUT2D eigenvalue weighted by atomic mass is 35.5. The number of imidazole rings is 1. The van der Waals surface area contributed by atoms with Crippen molar-refractivity contribution in [1.82, 2.24) is 15.3 Å². The predicted octanol–water partition coefficient (Wildman–Crippen LogP) is 4.47. The Hall–Kier alpha value is -1.30. The van der Waals surface area contributed by atoms with E-state index in [0.717, 1.165) is 61.3 Å². The summed E-state index contributed by atoms with van der Waals surface area (Å²) < 4.78 is 0. The first-order valence-corrected chi connectivity index (χ1v) is 9.24. The molecule has 2 aromatic rings. The van der Waals surface area contributed by atoms with Crippen molar-refractivity contribution >= 4 is 47.4 Å². The lowest BCUT2D eigenvalue weighted by Gasteiger charge is -2.22. The van der Waals surface area contributed by atoms with Gasteiger partial charge in [0, 0.05) is 18.5 Å². The fraction of sp³-hybridized carbons (Fsp3) is 0.579. The molecule has 3 rings (SSSR count). The number of hydrogen-bond acceptors (Lipinski definition) is 3. The molecule has 2 heterocycles. The molecule has 1 amide bonds. The van der Waals surface area contributed by atoms with Gasteiger partial charge in [-0.2, -0.15) is 0 Å². The van der Waals surface area contributed by atoms with Gasteiger partial charge in [-0.15, -0.1) is 24.8 Å². The van der Waals surface area contributed by atoms with E-state index in [1.54, 1.807) is 0 Å². The third kappa shape index (κ3) is 6.45. The Morgan fingerprint density at radius 2 is 2.04 bits per heavy atom. The van der Waals surface area contributed by atoms with Crippen molar-refractivity contribution < 1.29 is 4.79 Å². The number of aromatic nitrogens is 2. The summed E-state index contributed by atoms with van der Waals surface area (Å²) in [6.07, 6.45) is 7.24. The number of rotatable bonds is 7. The zero-order chi connectivity index (χ0) is 16.8. The number of benzene rings is 1. The van der Waals surface area contributed by atoms with Gasteiger partial charge in [0.25, 0.3) is 0 Å². The minimum Gasteiger partial charge on any atom is -0.342 e. The van der Waals surface area contributed by atoms with Gasteiger partial charge in [-0.25, -0.2) is 4.98 Å². The van der Waals surface area contributed by atoms with Crippen LogP contribution >= 0.6 is 24.8 Å². The molecule has 5 nitrogen and oxygen atoms in total. The van der Waals surface area contributed by atoms with Gasteiger partial charge < -0.3 is 15.6 Å². The monoisotopic (exact) mass is 400 g/mol. The molecule has 0 radical (unpaired) electrons. The number of amides is 1. The first kappa shape index (κ1) is 22.7. The molecule has 7 heteroatoms. The van der Waals surface area contributed by atoms with E-state index in [0.29, 0.717) is 12.3 Å². The maximum absolute atomic E-state index is 12.2. The summed E-state index contributed by atoms with van der Waals surface area (Å²) >= 11 is 0. The molecule has 26 heavy (non-hydrogen) atoms. The van der Waals surface area contributed by atoms with Gasteiger partial charge in [0.2, 0.25) is 5.91 Å². The Morgan fingerprint density at radius 1 is 1.27 bits per heavy atom. The molecule has 0 saturated carbocycles. The van der Waals surface area contributed by atoms with Crippen molar-refractivity contribution in [3.05, 3.63) is 24.0 Å². The van der Waals surface area contributed by atoms with Crippen LogP contribution in [-0.4, -0.2) is 29.0 Å². The van der Waals surface area contributed by atoms with E-state index in [-0.39, 0.29) is 30.7 Å². The molecule has 3 N–H and O–H groups in total. The molecule has 1 fully saturated rings. The van der Waals surface area contributed by atoms with Crippen molar-refractivity contribution in [3.8, 4) is 0 Å². The van der Waals surface area contributed by atoms with Gasteiger partial charge in [-0.05, 0) is 62.9 Å². The number of aromatic amines is 1. The molecule has 0 unspecified atom stereocenters. The third-order valence-electron chi connectivity index (χ3n) is 4.82. The topological polar surface area (TPSA) is 69.8 Å². The molecule has 1 aromatic heterocycles. The predicted molar refractivity (Wildman–Crippen MR) is 113 cm³/mol. The SMILES string of the molecule is CCCCc1nc2ccc(NC(=O)CCC3CCNCC3)cc2[nH]1.Cl.Cl. The van der Waals surface area contributed by atoms with Gasteiger partial charge >= 0.3 is 0 Å². The number of carbonyl (C=O) groups excluding carboxylic acids is 1. The molecule has 0 spiro atoms. The number of aryl methyl sites for hydroxylation is 1. The normalized spacial score (nSPS) is 14.5. The summed E-state index contributed by atoms with van der Waals surface area (Å²) in [5.74, 6) is 1.83. The first-order valence-electron chi connectivity index (χ1n) is 9.24. The first-order chi connectivity index (χ1) is 11.7. The number of halogens is 2.